The molecule has 0 atom stereocenters. The number of nitrogens with one attached hydrogen (secondary N) is 1. The first-order chi connectivity index (χ1) is 14.2. The van der Waals surface area contributed by atoms with Crippen molar-refractivity contribution >= 4 is 17.7 Å². The molecule has 1 aromatic heterocycles. The summed E-state index contributed by atoms with van der Waals surface area (Å²) >= 11 is 1.46. The maximum absolute atomic E-state index is 12.7. The fourth-order valence-corrected chi connectivity index (χ4v) is 4.44. The van der Waals surface area contributed by atoms with Crippen LogP contribution in [0.2, 0.25) is 0 Å². The summed E-state index contributed by atoms with van der Waals surface area (Å²) in [6.07, 6.45) is 0. The van der Waals surface area contributed by atoms with Gasteiger partial charge in [0.05, 0.1) is 31.9 Å². The number of quaternary nitrogens is 1. The number of aromatic nitrogens is 3. The van der Waals surface area contributed by atoms with Gasteiger partial charge in [-0.15, -0.1) is 10.2 Å². The highest BCUT2D eigenvalue weighted by Gasteiger charge is 2.24. The van der Waals surface area contributed by atoms with Crippen LogP contribution in [-0.4, -0.2) is 57.5 Å². The standard InChI is InChI=1S/C22H25N5OS/c1-25-21(19-10-6-3-7-11-19)23-24-22(25)29-17-20(28)27-14-12-26(13-15-27)16-18-8-4-2-5-9-18/h2-11H,12-17H2,1H3/p+1. The van der Waals surface area contributed by atoms with E-state index in [4.69, 9.17) is 0 Å². The molecule has 1 amide bonds. The minimum Gasteiger partial charge on any atom is -0.331 e. The van der Waals surface area contributed by atoms with E-state index in [1.165, 1.54) is 22.2 Å². The van der Waals surface area contributed by atoms with Crippen LogP contribution in [0.5, 0.6) is 0 Å². The Kier molecular flexibility index (Phi) is 6.27. The van der Waals surface area contributed by atoms with Crippen LogP contribution in [0.3, 0.4) is 0 Å². The number of rotatable bonds is 6. The van der Waals surface area contributed by atoms with E-state index in [9.17, 15) is 4.79 Å². The molecule has 1 N–H and O–H groups in total. The summed E-state index contributed by atoms with van der Waals surface area (Å²) in [4.78, 5) is 16.2. The average molecular weight is 409 g/mol. The first-order valence-corrected chi connectivity index (χ1v) is 10.9. The van der Waals surface area contributed by atoms with Gasteiger partial charge in [-0.2, -0.15) is 0 Å². The Morgan fingerprint density at radius 3 is 2.34 bits per heavy atom. The third-order valence-corrected chi connectivity index (χ3v) is 6.32. The van der Waals surface area contributed by atoms with Crippen LogP contribution in [0, 0.1) is 0 Å². The molecule has 150 valence electrons. The molecule has 4 rings (SSSR count). The van der Waals surface area contributed by atoms with Gasteiger partial charge in [-0.05, 0) is 0 Å². The Morgan fingerprint density at radius 1 is 1.00 bits per heavy atom. The van der Waals surface area contributed by atoms with Crippen molar-refractivity contribution in [1.29, 1.82) is 0 Å². The predicted octanol–water partition coefficient (Wildman–Crippen LogP) is 1.50. The van der Waals surface area contributed by atoms with Crippen molar-refractivity contribution in [3.05, 3.63) is 66.2 Å². The molecule has 2 heterocycles. The van der Waals surface area contributed by atoms with Gasteiger partial charge in [0.2, 0.25) is 5.91 Å². The number of hydrogen-bond acceptors (Lipinski definition) is 4. The second-order valence-corrected chi connectivity index (χ2v) is 8.26. The molecular weight excluding hydrogens is 382 g/mol. The maximum Gasteiger partial charge on any atom is 0.233 e. The van der Waals surface area contributed by atoms with Crippen molar-refractivity contribution in [3.63, 3.8) is 0 Å². The van der Waals surface area contributed by atoms with Crippen molar-refractivity contribution in [2.75, 3.05) is 31.9 Å². The van der Waals surface area contributed by atoms with Crippen molar-refractivity contribution < 1.29 is 9.69 Å². The Balaban J connectivity index is 1.27. The summed E-state index contributed by atoms with van der Waals surface area (Å²) in [7, 11) is 1.95. The maximum atomic E-state index is 12.7. The van der Waals surface area contributed by atoms with Crippen molar-refractivity contribution in [1.82, 2.24) is 19.7 Å². The van der Waals surface area contributed by atoms with Gasteiger partial charge in [0.1, 0.15) is 6.54 Å². The molecule has 29 heavy (non-hydrogen) atoms. The van der Waals surface area contributed by atoms with Crippen LogP contribution in [0.25, 0.3) is 11.4 Å². The smallest absolute Gasteiger partial charge is 0.233 e. The summed E-state index contributed by atoms with van der Waals surface area (Å²) in [6.45, 7) is 4.64. The monoisotopic (exact) mass is 408 g/mol. The Morgan fingerprint density at radius 2 is 1.66 bits per heavy atom. The van der Waals surface area contributed by atoms with Gasteiger partial charge in [0.15, 0.2) is 11.0 Å². The number of thioether (sulfide) groups is 1. The van der Waals surface area contributed by atoms with Gasteiger partial charge >= 0.3 is 0 Å². The quantitative estimate of drug-likeness (QED) is 0.628. The van der Waals surface area contributed by atoms with Crippen LogP contribution in [0.15, 0.2) is 65.8 Å². The molecule has 0 unspecified atom stereocenters. The lowest BCUT2D eigenvalue weighted by molar-refractivity contribution is -0.917. The summed E-state index contributed by atoms with van der Waals surface area (Å²) in [6, 6.07) is 20.5. The number of benzene rings is 2. The zero-order valence-corrected chi connectivity index (χ0v) is 17.4. The zero-order valence-electron chi connectivity index (χ0n) is 16.6. The zero-order chi connectivity index (χ0) is 20.1. The molecule has 6 nitrogen and oxygen atoms in total. The van der Waals surface area contributed by atoms with E-state index in [0.29, 0.717) is 5.75 Å². The van der Waals surface area contributed by atoms with E-state index in [2.05, 4.69) is 34.5 Å². The predicted molar refractivity (Wildman–Crippen MR) is 115 cm³/mol. The fraction of sp³-hybridized carbons (Fsp3) is 0.318. The third-order valence-electron chi connectivity index (χ3n) is 5.31. The van der Waals surface area contributed by atoms with Gasteiger partial charge < -0.3 is 14.4 Å². The first-order valence-electron chi connectivity index (χ1n) is 9.93. The van der Waals surface area contributed by atoms with Gasteiger partial charge in [0, 0.05) is 18.2 Å². The van der Waals surface area contributed by atoms with E-state index in [1.807, 2.05) is 52.9 Å². The number of carbonyl (C=O) groups excluding carboxylic acids is 1. The van der Waals surface area contributed by atoms with Crippen LogP contribution in [0.4, 0.5) is 0 Å². The molecule has 1 aliphatic heterocycles. The van der Waals surface area contributed by atoms with Gasteiger partial charge in [-0.3, -0.25) is 4.79 Å². The highest BCUT2D eigenvalue weighted by Crippen LogP contribution is 2.22. The number of hydrogen-bond donors (Lipinski definition) is 1. The first kappa shape index (κ1) is 19.7. The van der Waals surface area contributed by atoms with Crippen LogP contribution in [0.1, 0.15) is 5.56 Å². The molecule has 0 spiro atoms. The molecule has 0 bridgehead atoms. The third kappa shape index (κ3) is 4.86. The summed E-state index contributed by atoms with van der Waals surface area (Å²) in [5.41, 5.74) is 2.38. The normalized spacial score (nSPS) is 14.9. The van der Waals surface area contributed by atoms with E-state index in [0.717, 1.165) is 49.3 Å². The van der Waals surface area contributed by atoms with E-state index in [-0.39, 0.29) is 5.91 Å². The Hall–Kier alpha value is -2.64. The Labute approximate surface area is 175 Å². The van der Waals surface area contributed by atoms with Gasteiger partial charge in [-0.25, -0.2) is 0 Å². The lowest BCUT2D eigenvalue weighted by atomic mass is 10.2. The van der Waals surface area contributed by atoms with Crippen LogP contribution < -0.4 is 4.90 Å². The minimum atomic E-state index is 0.179. The molecule has 1 saturated heterocycles. The van der Waals surface area contributed by atoms with Crippen molar-refractivity contribution in [3.8, 4) is 11.4 Å². The molecule has 2 aromatic carbocycles. The lowest BCUT2D eigenvalue weighted by Crippen LogP contribution is -3.13. The summed E-state index contributed by atoms with van der Waals surface area (Å²) < 4.78 is 1.95. The minimum absolute atomic E-state index is 0.179. The molecule has 1 aliphatic rings. The van der Waals surface area contributed by atoms with Crippen LogP contribution >= 0.6 is 11.8 Å². The molecule has 0 radical (unpaired) electrons. The van der Waals surface area contributed by atoms with Gasteiger partial charge in [-0.1, -0.05) is 72.4 Å². The van der Waals surface area contributed by atoms with Crippen molar-refractivity contribution in [2.24, 2.45) is 7.05 Å². The van der Waals surface area contributed by atoms with Gasteiger partial charge in [0.25, 0.3) is 0 Å². The summed E-state index contributed by atoms with van der Waals surface area (Å²) in [5, 5.41) is 9.33. The van der Waals surface area contributed by atoms with Crippen LogP contribution in [-0.2, 0) is 18.4 Å². The van der Waals surface area contributed by atoms with E-state index < -0.39 is 0 Å². The number of piperazine rings is 1. The lowest BCUT2D eigenvalue weighted by Gasteiger charge is -2.32. The SMILES string of the molecule is Cn1c(SCC(=O)N2CC[NH+](Cc3ccccc3)CC2)nnc1-c1ccccc1. The molecule has 3 aromatic rings. The molecule has 1 fully saturated rings. The highest BCUT2D eigenvalue weighted by atomic mass is 32.2. The second kappa shape index (κ2) is 9.24. The highest BCUT2D eigenvalue weighted by molar-refractivity contribution is 7.99. The molecule has 7 heteroatoms. The Bertz CT molecular complexity index is 936. The fourth-order valence-electron chi connectivity index (χ4n) is 3.63. The molecular formula is C22H26N5OS+. The average Bonchev–Trinajstić information content (AvgIpc) is 3.14. The number of amides is 1. The van der Waals surface area contributed by atoms with Crippen molar-refractivity contribution in [2.45, 2.75) is 11.7 Å². The topological polar surface area (TPSA) is 55.5 Å². The second-order valence-electron chi connectivity index (χ2n) is 7.31. The molecule has 0 saturated carbocycles. The van der Waals surface area contributed by atoms with E-state index in [1.54, 1.807) is 0 Å². The summed E-state index contributed by atoms with van der Waals surface area (Å²) in [5.74, 6) is 1.39. The van der Waals surface area contributed by atoms with E-state index >= 15 is 0 Å². The number of nitrogens with zero attached hydrogens (tertiary/aromatic N) is 4. The number of carbonyl (C=O) groups is 1. The molecule has 0 aliphatic carbocycles. The largest absolute Gasteiger partial charge is 0.331 e.